The Morgan fingerprint density at radius 2 is 1.81 bits per heavy atom. The van der Waals surface area contributed by atoms with Gasteiger partial charge in [0, 0.05) is 17.1 Å². The van der Waals surface area contributed by atoms with Crippen molar-refractivity contribution in [2.75, 3.05) is 13.2 Å². The molecule has 0 aliphatic rings. The standard InChI is InChI=1S/C18H20ClNO5S/c1-2-24-17-6-4-3-5-14(17)13-25-18(21)11-12-20-26(22,23)16-9-7-15(19)8-10-16/h3-10,20H,2,11-13H2,1H3. The van der Waals surface area contributed by atoms with Crippen LogP contribution in [-0.4, -0.2) is 27.5 Å². The molecule has 2 rings (SSSR count). The van der Waals surface area contributed by atoms with Gasteiger partial charge in [0.15, 0.2) is 0 Å². The lowest BCUT2D eigenvalue weighted by atomic mass is 10.2. The van der Waals surface area contributed by atoms with Crippen molar-refractivity contribution in [1.29, 1.82) is 0 Å². The molecule has 6 nitrogen and oxygen atoms in total. The summed E-state index contributed by atoms with van der Waals surface area (Å²) >= 11 is 5.74. The first-order chi connectivity index (χ1) is 12.4. The highest BCUT2D eigenvalue weighted by atomic mass is 35.5. The number of hydrogen-bond donors (Lipinski definition) is 1. The van der Waals surface area contributed by atoms with Crippen molar-refractivity contribution in [2.45, 2.75) is 24.8 Å². The maximum atomic E-state index is 12.1. The number of rotatable bonds is 9. The van der Waals surface area contributed by atoms with Crippen LogP contribution in [0.2, 0.25) is 5.02 Å². The van der Waals surface area contributed by atoms with Crippen LogP contribution in [0, 0.1) is 0 Å². The number of sulfonamides is 1. The number of esters is 1. The number of carbonyl (C=O) groups excluding carboxylic acids is 1. The minimum Gasteiger partial charge on any atom is -0.493 e. The van der Waals surface area contributed by atoms with E-state index < -0.39 is 16.0 Å². The van der Waals surface area contributed by atoms with Gasteiger partial charge in [0.25, 0.3) is 0 Å². The number of nitrogens with one attached hydrogen (secondary N) is 1. The molecule has 26 heavy (non-hydrogen) atoms. The van der Waals surface area contributed by atoms with E-state index in [1.54, 1.807) is 6.07 Å². The topological polar surface area (TPSA) is 81.7 Å². The molecule has 1 N–H and O–H groups in total. The van der Waals surface area contributed by atoms with Crippen molar-refractivity contribution in [1.82, 2.24) is 4.72 Å². The number of para-hydroxylation sites is 1. The molecular formula is C18H20ClNO5S. The molecule has 0 unspecified atom stereocenters. The summed E-state index contributed by atoms with van der Waals surface area (Å²) in [5.41, 5.74) is 0.754. The molecule has 0 aliphatic heterocycles. The van der Waals surface area contributed by atoms with E-state index in [-0.39, 0.29) is 24.5 Å². The number of benzene rings is 2. The Morgan fingerprint density at radius 3 is 2.50 bits per heavy atom. The van der Waals surface area contributed by atoms with Gasteiger partial charge in [-0.2, -0.15) is 0 Å². The lowest BCUT2D eigenvalue weighted by Gasteiger charge is -2.11. The summed E-state index contributed by atoms with van der Waals surface area (Å²) < 4.78 is 37.2. The van der Waals surface area contributed by atoms with Crippen LogP contribution in [0.4, 0.5) is 0 Å². The van der Waals surface area contributed by atoms with Crippen molar-refractivity contribution in [3.8, 4) is 5.75 Å². The maximum absolute atomic E-state index is 12.1. The minimum atomic E-state index is -3.69. The van der Waals surface area contributed by atoms with Crippen LogP contribution >= 0.6 is 11.6 Å². The molecule has 0 radical (unpaired) electrons. The summed E-state index contributed by atoms with van der Waals surface area (Å²) in [7, 11) is -3.69. The Bertz CT molecular complexity index is 837. The number of ether oxygens (including phenoxy) is 2. The van der Waals surface area contributed by atoms with Crippen molar-refractivity contribution in [3.63, 3.8) is 0 Å². The first-order valence-corrected chi connectivity index (χ1v) is 9.90. The van der Waals surface area contributed by atoms with Gasteiger partial charge in [-0.05, 0) is 37.3 Å². The summed E-state index contributed by atoms with van der Waals surface area (Å²) in [4.78, 5) is 11.9. The first kappa shape index (κ1) is 20.2. The SMILES string of the molecule is CCOc1ccccc1COC(=O)CCNS(=O)(=O)c1ccc(Cl)cc1. The van der Waals surface area contributed by atoms with E-state index in [9.17, 15) is 13.2 Å². The highest BCUT2D eigenvalue weighted by molar-refractivity contribution is 7.89. The predicted octanol–water partition coefficient (Wildman–Crippen LogP) is 3.15. The van der Waals surface area contributed by atoms with Crippen molar-refractivity contribution < 1.29 is 22.7 Å². The average Bonchev–Trinajstić information content (AvgIpc) is 2.61. The second-order valence-electron chi connectivity index (χ2n) is 5.30. The zero-order chi connectivity index (χ0) is 19.0. The molecule has 0 amide bonds. The van der Waals surface area contributed by atoms with Gasteiger partial charge in [0.1, 0.15) is 12.4 Å². The smallest absolute Gasteiger partial charge is 0.307 e. The molecule has 0 aromatic heterocycles. The van der Waals surface area contributed by atoms with Gasteiger partial charge in [0.05, 0.1) is 17.9 Å². The highest BCUT2D eigenvalue weighted by Gasteiger charge is 2.14. The van der Waals surface area contributed by atoms with Crippen LogP contribution in [0.3, 0.4) is 0 Å². The van der Waals surface area contributed by atoms with Crippen molar-refractivity contribution in [2.24, 2.45) is 0 Å². The summed E-state index contributed by atoms with van der Waals surface area (Å²) in [5, 5.41) is 0.444. The molecule has 0 heterocycles. The summed E-state index contributed by atoms with van der Waals surface area (Å²) in [5.74, 6) is 0.154. The maximum Gasteiger partial charge on any atom is 0.307 e. The molecule has 2 aromatic rings. The fraction of sp³-hybridized carbons (Fsp3) is 0.278. The fourth-order valence-electron chi connectivity index (χ4n) is 2.13. The van der Waals surface area contributed by atoms with Gasteiger partial charge in [-0.3, -0.25) is 4.79 Å². The van der Waals surface area contributed by atoms with E-state index >= 15 is 0 Å². The quantitative estimate of drug-likeness (QED) is 0.657. The second kappa shape index (κ2) is 9.56. The van der Waals surface area contributed by atoms with Gasteiger partial charge in [-0.15, -0.1) is 0 Å². The van der Waals surface area contributed by atoms with Gasteiger partial charge in [-0.1, -0.05) is 29.8 Å². The fourth-order valence-corrected chi connectivity index (χ4v) is 3.29. The third kappa shape index (κ3) is 6.01. The van der Waals surface area contributed by atoms with Gasteiger partial charge >= 0.3 is 5.97 Å². The Labute approximate surface area is 158 Å². The average molecular weight is 398 g/mol. The number of halogens is 1. The van der Waals surface area contributed by atoms with E-state index in [0.29, 0.717) is 17.4 Å². The Morgan fingerprint density at radius 1 is 1.12 bits per heavy atom. The van der Waals surface area contributed by atoms with Gasteiger partial charge in [-0.25, -0.2) is 13.1 Å². The number of hydrogen-bond acceptors (Lipinski definition) is 5. The lowest BCUT2D eigenvalue weighted by molar-refractivity contribution is -0.144. The monoisotopic (exact) mass is 397 g/mol. The highest BCUT2D eigenvalue weighted by Crippen LogP contribution is 2.19. The summed E-state index contributed by atoms with van der Waals surface area (Å²) in [6, 6.07) is 13.0. The molecule has 0 saturated heterocycles. The molecule has 0 aliphatic carbocycles. The molecule has 2 aromatic carbocycles. The third-order valence-corrected chi connectivity index (χ3v) is 5.14. The van der Waals surface area contributed by atoms with E-state index in [1.165, 1.54) is 24.3 Å². The zero-order valence-electron chi connectivity index (χ0n) is 14.3. The molecular weight excluding hydrogens is 378 g/mol. The van der Waals surface area contributed by atoms with Gasteiger partial charge in [0.2, 0.25) is 10.0 Å². The molecule has 140 valence electrons. The molecule has 8 heteroatoms. The van der Waals surface area contributed by atoms with E-state index in [1.807, 2.05) is 25.1 Å². The molecule has 0 bridgehead atoms. The van der Waals surface area contributed by atoms with Gasteiger partial charge < -0.3 is 9.47 Å². The first-order valence-electron chi connectivity index (χ1n) is 8.04. The van der Waals surface area contributed by atoms with Crippen LogP contribution in [0.25, 0.3) is 0 Å². The molecule has 0 fully saturated rings. The van der Waals surface area contributed by atoms with E-state index in [4.69, 9.17) is 21.1 Å². The number of carbonyl (C=O) groups is 1. The largest absolute Gasteiger partial charge is 0.493 e. The van der Waals surface area contributed by atoms with Crippen molar-refractivity contribution in [3.05, 3.63) is 59.1 Å². The van der Waals surface area contributed by atoms with Crippen LogP contribution in [0.1, 0.15) is 18.9 Å². The Balaban J connectivity index is 1.81. The van der Waals surface area contributed by atoms with Crippen LogP contribution in [-0.2, 0) is 26.2 Å². The second-order valence-corrected chi connectivity index (χ2v) is 7.51. The van der Waals surface area contributed by atoms with E-state index in [0.717, 1.165) is 5.56 Å². The zero-order valence-corrected chi connectivity index (χ0v) is 15.8. The third-order valence-electron chi connectivity index (χ3n) is 3.41. The molecule has 0 spiro atoms. The van der Waals surface area contributed by atoms with Crippen LogP contribution in [0.15, 0.2) is 53.4 Å². The lowest BCUT2D eigenvalue weighted by Crippen LogP contribution is -2.26. The van der Waals surface area contributed by atoms with Crippen molar-refractivity contribution >= 4 is 27.6 Å². The normalized spacial score (nSPS) is 11.2. The Hall–Kier alpha value is -2.09. The molecule has 0 atom stereocenters. The minimum absolute atomic E-state index is 0.0586. The molecule has 0 saturated carbocycles. The van der Waals surface area contributed by atoms with Crippen LogP contribution in [0.5, 0.6) is 5.75 Å². The summed E-state index contributed by atoms with van der Waals surface area (Å²) in [6.45, 7) is 2.39. The van der Waals surface area contributed by atoms with E-state index in [2.05, 4.69) is 4.72 Å². The van der Waals surface area contributed by atoms with Crippen LogP contribution < -0.4 is 9.46 Å². The summed E-state index contributed by atoms with van der Waals surface area (Å²) in [6.07, 6.45) is -0.0797. The predicted molar refractivity (Wildman–Crippen MR) is 98.7 cm³/mol. The Kier molecular flexibility index (Phi) is 7.44.